The van der Waals surface area contributed by atoms with Crippen molar-refractivity contribution in [1.82, 2.24) is 13.6 Å². The van der Waals surface area contributed by atoms with E-state index in [2.05, 4.69) is 4.72 Å². The maximum atomic E-state index is 15.2. The van der Waals surface area contributed by atoms with Gasteiger partial charge in [-0.1, -0.05) is 39.0 Å². The number of fused-ring (bicyclic) bond motifs is 1. The van der Waals surface area contributed by atoms with Crippen LogP contribution in [-0.4, -0.2) is 31.4 Å². The number of alkyl halides is 3. The number of benzene rings is 2. The fourth-order valence-electron chi connectivity index (χ4n) is 3.64. The molecule has 0 aliphatic rings. The molecule has 180 valence electrons. The average molecular weight is 486 g/mol. The number of nitrogens with one attached hydrogen (secondary N) is 1. The summed E-state index contributed by atoms with van der Waals surface area (Å²) < 4.78 is 85.5. The highest BCUT2D eigenvalue weighted by Gasteiger charge is 2.34. The monoisotopic (exact) mass is 485 g/mol. The molecule has 1 aromatic heterocycles. The summed E-state index contributed by atoms with van der Waals surface area (Å²) in [6.07, 6.45) is -2.92. The third kappa shape index (κ3) is 5.56. The minimum Gasteiger partial charge on any atom is -0.347 e. The summed E-state index contributed by atoms with van der Waals surface area (Å²) in [5.41, 5.74) is -0.472. The van der Waals surface area contributed by atoms with E-state index in [4.69, 9.17) is 0 Å². The van der Waals surface area contributed by atoms with Crippen molar-refractivity contribution in [3.05, 3.63) is 59.5 Å². The van der Waals surface area contributed by atoms with Crippen LogP contribution < -0.4 is 4.72 Å². The molecule has 0 aliphatic carbocycles. The smallest absolute Gasteiger partial charge is 0.347 e. The molecule has 2 aromatic carbocycles. The van der Waals surface area contributed by atoms with Gasteiger partial charge < -0.3 is 4.57 Å². The molecule has 0 radical (unpaired) electrons. The standard InChI is InChI=1S/C23H27F4N3O2S/c1-22(2,3)14-30-13-15(12-28-33(31,32)29(4)5)17-10-20(24)18(11-21(17)30)16-8-6-7-9-19(16)23(25,26)27/h6-11,13,28H,12,14H2,1-5H3. The zero-order chi connectivity index (χ0) is 24.8. The molecule has 3 aromatic rings. The number of nitrogens with zero attached hydrogens (tertiary/aromatic N) is 2. The lowest BCUT2D eigenvalue weighted by Gasteiger charge is -2.20. The van der Waals surface area contributed by atoms with E-state index >= 15 is 4.39 Å². The Labute approximate surface area is 191 Å². The van der Waals surface area contributed by atoms with Gasteiger partial charge in [-0.3, -0.25) is 0 Å². The maximum Gasteiger partial charge on any atom is 0.417 e. The Morgan fingerprint density at radius 2 is 1.67 bits per heavy atom. The van der Waals surface area contributed by atoms with Crippen LogP contribution in [-0.2, 0) is 29.5 Å². The summed E-state index contributed by atoms with van der Waals surface area (Å²) in [4.78, 5) is 0. The minimum atomic E-state index is -4.64. The topological polar surface area (TPSA) is 54.3 Å². The van der Waals surface area contributed by atoms with Crippen molar-refractivity contribution >= 4 is 21.1 Å². The molecule has 0 amide bonds. The second-order valence-electron chi connectivity index (χ2n) is 9.34. The van der Waals surface area contributed by atoms with Gasteiger partial charge in [-0.15, -0.1) is 0 Å². The normalized spacial score (nSPS) is 13.3. The van der Waals surface area contributed by atoms with Crippen LogP contribution in [0.1, 0.15) is 31.9 Å². The first kappa shape index (κ1) is 25.2. The highest BCUT2D eigenvalue weighted by Crippen LogP contribution is 2.39. The molecule has 10 heteroatoms. The SMILES string of the molecule is CN(C)S(=O)(=O)NCc1cn(CC(C)(C)C)c2cc(-c3ccccc3C(F)(F)F)c(F)cc12. The van der Waals surface area contributed by atoms with Gasteiger partial charge >= 0.3 is 6.18 Å². The number of rotatable bonds is 6. The van der Waals surface area contributed by atoms with E-state index in [1.54, 1.807) is 6.20 Å². The Morgan fingerprint density at radius 1 is 1.03 bits per heavy atom. The van der Waals surface area contributed by atoms with Gasteiger partial charge in [-0.2, -0.15) is 30.6 Å². The van der Waals surface area contributed by atoms with Gasteiger partial charge in [0.05, 0.1) is 5.56 Å². The van der Waals surface area contributed by atoms with E-state index in [9.17, 15) is 21.6 Å². The third-order valence-electron chi connectivity index (χ3n) is 5.15. The van der Waals surface area contributed by atoms with Crippen LogP contribution in [0.2, 0.25) is 0 Å². The Morgan fingerprint density at radius 3 is 2.24 bits per heavy atom. The average Bonchev–Trinajstić information content (AvgIpc) is 2.99. The summed E-state index contributed by atoms with van der Waals surface area (Å²) in [6, 6.07) is 7.45. The molecule has 0 aliphatic heterocycles. The predicted octanol–water partition coefficient (Wildman–Crippen LogP) is 5.41. The van der Waals surface area contributed by atoms with E-state index in [0.29, 0.717) is 23.0 Å². The Balaban J connectivity index is 2.20. The van der Waals surface area contributed by atoms with Crippen LogP contribution in [0.3, 0.4) is 0 Å². The van der Waals surface area contributed by atoms with Crippen LogP contribution >= 0.6 is 0 Å². The molecule has 0 spiro atoms. The molecule has 1 heterocycles. The number of halogens is 4. The maximum absolute atomic E-state index is 15.2. The first-order valence-electron chi connectivity index (χ1n) is 10.2. The Hall–Kier alpha value is -2.43. The summed E-state index contributed by atoms with van der Waals surface area (Å²) in [7, 11) is -0.950. The summed E-state index contributed by atoms with van der Waals surface area (Å²) in [6.45, 7) is 6.39. The van der Waals surface area contributed by atoms with Crippen LogP contribution in [0.5, 0.6) is 0 Å². The first-order chi connectivity index (χ1) is 15.1. The molecule has 1 N–H and O–H groups in total. The molecule has 0 saturated carbocycles. The molecule has 33 heavy (non-hydrogen) atoms. The lowest BCUT2D eigenvalue weighted by Crippen LogP contribution is -2.35. The molecule has 3 rings (SSSR count). The van der Waals surface area contributed by atoms with Crippen molar-refractivity contribution in [1.29, 1.82) is 0 Å². The van der Waals surface area contributed by atoms with Crippen molar-refractivity contribution in [2.45, 2.75) is 40.0 Å². The summed E-state index contributed by atoms with van der Waals surface area (Å²) in [5.74, 6) is -0.815. The zero-order valence-corrected chi connectivity index (χ0v) is 19.9. The van der Waals surface area contributed by atoms with E-state index < -0.39 is 27.8 Å². The highest BCUT2D eigenvalue weighted by atomic mass is 32.2. The lowest BCUT2D eigenvalue weighted by molar-refractivity contribution is -0.137. The molecule has 0 fully saturated rings. The molecule has 0 bridgehead atoms. The zero-order valence-electron chi connectivity index (χ0n) is 19.1. The van der Waals surface area contributed by atoms with E-state index in [-0.39, 0.29) is 23.1 Å². The predicted molar refractivity (Wildman–Crippen MR) is 121 cm³/mol. The largest absolute Gasteiger partial charge is 0.417 e. The number of hydrogen-bond acceptors (Lipinski definition) is 2. The van der Waals surface area contributed by atoms with Gasteiger partial charge in [0.15, 0.2) is 0 Å². The lowest BCUT2D eigenvalue weighted by atomic mass is 9.96. The van der Waals surface area contributed by atoms with Crippen molar-refractivity contribution in [3.63, 3.8) is 0 Å². The van der Waals surface area contributed by atoms with Gasteiger partial charge in [0.1, 0.15) is 5.82 Å². The van der Waals surface area contributed by atoms with E-state index in [1.807, 2.05) is 25.3 Å². The van der Waals surface area contributed by atoms with Crippen molar-refractivity contribution in [3.8, 4) is 11.1 Å². The Kier molecular flexibility index (Phi) is 6.67. The second-order valence-corrected chi connectivity index (χ2v) is 11.3. The first-order valence-corrected chi connectivity index (χ1v) is 11.7. The quantitative estimate of drug-likeness (QED) is 0.475. The van der Waals surface area contributed by atoms with Crippen molar-refractivity contribution in [2.24, 2.45) is 5.41 Å². The fraction of sp³-hybridized carbons (Fsp3) is 0.391. The van der Waals surface area contributed by atoms with Crippen LogP contribution in [0.4, 0.5) is 17.6 Å². The van der Waals surface area contributed by atoms with Crippen LogP contribution in [0, 0.1) is 11.2 Å². The summed E-state index contributed by atoms with van der Waals surface area (Å²) >= 11 is 0. The van der Waals surface area contributed by atoms with Gasteiger partial charge in [0.2, 0.25) is 0 Å². The highest BCUT2D eigenvalue weighted by molar-refractivity contribution is 7.87. The minimum absolute atomic E-state index is 0.0912. The van der Waals surface area contributed by atoms with Gasteiger partial charge in [0, 0.05) is 49.8 Å². The fourth-order valence-corrected chi connectivity index (χ4v) is 4.23. The second kappa shape index (κ2) is 8.73. The van der Waals surface area contributed by atoms with Gasteiger partial charge in [0.25, 0.3) is 10.2 Å². The van der Waals surface area contributed by atoms with Crippen molar-refractivity contribution < 1.29 is 26.0 Å². The number of aromatic nitrogens is 1. The number of hydrogen-bond donors (Lipinski definition) is 1. The van der Waals surface area contributed by atoms with Crippen LogP contribution in [0.15, 0.2) is 42.6 Å². The van der Waals surface area contributed by atoms with Crippen molar-refractivity contribution in [2.75, 3.05) is 14.1 Å². The molecule has 0 saturated heterocycles. The van der Waals surface area contributed by atoms with Gasteiger partial charge in [-0.25, -0.2) is 4.39 Å². The van der Waals surface area contributed by atoms with E-state index in [0.717, 1.165) is 10.4 Å². The molecular weight excluding hydrogens is 458 g/mol. The molecule has 0 atom stereocenters. The van der Waals surface area contributed by atoms with Crippen LogP contribution in [0.25, 0.3) is 22.0 Å². The summed E-state index contributed by atoms with van der Waals surface area (Å²) in [5, 5.41) is 0.437. The van der Waals surface area contributed by atoms with Gasteiger partial charge in [-0.05, 0) is 34.7 Å². The molecular formula is C23H27F4N3O2S. The molecule has 0 unspecified atom stereocenters. The molecule has 5 nitrogen and oxygen atoms in total. The Bertz CT molecular complexity index is 1270. The third-order valence-corrected chi connectivity index (χ3v) is 6.62. The van der Waals surface area contributed by atoms with E-state index in [1.165, 1.54) is 44.4 Å².